The molecule has 1 N–H and O–H groups in total. The summed E-state index contributed by atoms with van der Waals surface area (Å²) in [6, 6.07) is 6.10. The minimum absolute atomic E-state index is 0.194. The van der Waals surface area contributed by atoms with Crippen molar-refractivity contribution in [3.8, 4) is 5.75 Å². The van der Waals surface area contributed by atoms with Gasteiger partial charge in [0.25, 0.3) is 5.82 Å². The smallest absolute Gasteiger partial charge is 0.375 e. The number of benzene rings is 1. The molecule has 0 aliphatic carbocycles. The van der Waals surface area contributed by atoms with Gasteiger partial charge in [-0.05, 0) is 31.9 Å². The third kappa shape index (κ3) is 4.21. The average Bonchev–Trinajstić information content (AvgIpc) is 2.87. The summed E-state index contributed by atoms with van der Waals surface area (Å²) in [6.45, 7) is 5.36. The Hall–Kier alpha value is -2.57. The molecule has 0 unspecified atom stereocenters. The largest absolute Gasteiger partial charge is 0.493 e. The molecule has 1 aromatic carbocycles. The van der Waals surface area contributed by atoms with E-state index in [2.05, 4.69) is 23.1 Å². The lowest BCUT2D eigenvalue weighted by molar-refractivity contribution is 0.0683. The Labute approximate surface area is 135 Å². The van der Waals surface area contributed by atoms with Crippen LogP contribution in [0.2, 0.25) is 0 Å². The van der Waals surface area contributed by atoms with Crippen LogP contribution in [0.5, 0.6) is 5.75 Å². The van der Waals surface area contributed by atoms with E-state index in [4.69, 9.17) is 9.84 Å². The molecule has 7 heteroatoms. The highest BCUT2D eigenvalue weighted by Gasteiger charge is 2.15. The summed E-state index contributed by atoms with van der Waals surface area (Å²) in [4.78, 5) is 16.8. The van der Waals surface area contributed by atoms with Gasteiger partial charge < -0.3 is 14.7 Å². The molecule has 0 radical (unpaired) electrons. The molecule has 0 aliphatic rings. The molecule has 0 amide bonds. The summed E-state index contributed by atoms with van der Waals surface area (Å²) in [5.74, 6) is 0.0956. The van der Waals surface area contributed by atoms with Gasteiger partial charge >= 0.3 is 5.97 Å². The van der Waals surface area contributed by atoms with Gasteiger partial charge in [0.1, 0.15) is 5.75 Å². The SMILES string of the molecule is Cc1ccc(OCCCN(C)c2nc(C(=O)O)nn2C)c(C)c1. The maximum atomic E-state index is 10.9. The number of carboxylic acids is 1. The summed E-state index contributed by atoms with van der Waals surface area (Å²) in [7, 11) is 3.53. The van der Waals surface area contributed by atoms with Gasteiger partial charge in [0.05, 0.1) is 6.61 Å². The van der Waals surface area contributed by atoms with Crippen LogP contribution in [0.3, 0.4) is 0 Å². The fourth-order valence-electron chi connectivity index (χ4n) is 2.34. The van der Waals surface area contributed by atoms with E-state index in [-0.39, 0.29) is 5.82 Å². The molecule has 0 saturated carbocycles. The van der Waals surface area contributed by atoms with Gasteiger partial charge in [-0.25, -0.2) is 9.48 Å². The van der Waals surface area contributed by atoms with Crippen LogP contribution in [-0.4, -0.2) is 46.0 Å². The minimum Gasteiger partial charge on any atom is -0.493 e. The lowest BCUT2D eigenvalue weighted by atomic mass is 10.1. The zero-order valence-electron chi connectivity index (χ0n) is 13.9. The van der Waals surface area contributed by atoms with E-state index >= 15 is 0 Å². The van der Waals surface area contributed by atoms with Gasteiger partial charge in [-0.2, -0.15) is 4.98 Å². The third-order valence-electron chi connectivity index (χ3n) is 3.50. The van der Waals surface area contributed by atoms with Crippen molar-refractivity contribution in [1.29, 1.82) is 0 Å². The molecule has 124 valence electrons. The third-order valence-corrected chi connectivity index (χ3v) is 3.50. The summed E-state index contributed by atoms with van der Waals surface area (Å²) in [6.07, 6.45) is 0.791. The van der Waals surface area contributed by atoms with Gasteiger partial charge in [0.2, 0.25) is 5.95 Å². The molecule has 2 rings (SSSR count). The molecule has 0 aliphatic heterocycles. The van der Waals surface area contributed by atoms with Crippen molar-refractivity contribution in [1.82, 2.24) is 14.8 Å². The van der Waals surface area contributed by atoms with Gasteiger partial charge in [0, 0.05) is 20.6 Å². The highest BCUT2D eigenvalue weighted by molar-refractivity contribution is 5.83. The monoisotopic (exact) mass is 318 g/mol. The fraction of sp³-hybridized carbons (Fsp3) is 0.438. The maximum Gasteiger partial charge on any atom is 0.375 e. The van der Waals surface area contributed by atoms with E-state index in [9.17, 15) is 4.79 Å². The number of aryl methyl sites for hydroxylation is 3. The molecule has 7 nitrogen and oxygen atoms in total. The van der Waals surface area contributed by atoms with E-state index in [1.807, 2.05) is 31.0 Å². The Morgan fingerprint density at radius 1 is 1.39 bits per heavy atom. The number of rotatable bonds is 7. The molecule has 1 heterocycles. The van der Waals surface area contributed by atoms with E-state index in [0.717, 1.165) is 17.7 Å². The Kier molecular flexibility index (Phi) is 5.20. The van der Waals surface area contributed by atoms with Gasteiger partial charge in [-0.3, -0.25) is 0 Å². The highest BCUT2D eigenvalue weighted by Crippen LogP contribution is 2.19. The van der Waals surface area contributed by atoms with Crippen molar-refractivity contribution in [2.24, 2.45) is 7.05 Å². The van der Waals surface area contributed by atoms with Crippen LogP contribution in [-0.2, 0) is 7.05 Å². The number of anilines is 1. The van der Waals surface area contributed by atoms with Crippen LogP contribution in [0.1, 0.15) is 28.2 Å². The first-order chi connectivity index (χ1) is 10.9. The zero-order chi connectivity index (χ0) is 17.0. The molecule has 2 aromatic rings. The molecule has 23 heavy (non-hydrogen) atoms. The topological polar surface area (TPSA) is 80.5 Å². The Bertz CT molecular complexity index is 697. The van der Waals surface area contributed by atoms with Gasteiger partial charge in [-0.15, -0.1) is 5.10 Å². The van der Waals surface area contributed by atoms with Crippen molar-refractivity contribution >= 4 is 11.9 Å². The number of aromatic carboxylic acids is 1. The first-order valence-corrected chi connectivity index (χ1v) is 7.44. The lowest BCUT2D eigenvalue weighted by Crippen LogP contribution is -2.23. The van der Waals surface area contributed by atoms with E-state index in [1.165, 1.54) is 10.2 Å². The molecule has 1 aromatic heterocycles. The number of carboxylic acid groups (broad SMARTS) is 1. The fourth-order valence-corrected chi connectivity index (χ4v) is 2.34. The predicted molar refractivity (Wildman–Crippen MR) is 87.3 cm³/mol. The molecular weight excluding hydrogens is 296 g/mol. The zero-order valence-corrected chi connectivity index (χ0v) is 13.9. The van der Waals surface area contributed by atoms with Crippen LogP contribution >= 0.6 is 0 Å². The standard InChI is InChI=1S/C16H22N4O3/c1-11-6-7-13(12(2)10-11)23-9-5-8-19(3)16-17-14(15(21)22)18-20(16)4/h6-7,10H,5,8-9H2,1-4H3,(H,21,22). The number of hydrogen-bond donors (Lipinski definition) is 1. The summed E-state index contributed by atoms with van der Waals surface area (Å²) in [5.41, 5.74) is 2.34. The second-order valence-corrected chi connectivity index (χ2v) is 5.56. The van der Waals surface area contributed by atoms with Crippen LogP contribution in [0.4, 0.5) is 5.95 Å². The second kappa shape index (κ2) is 7.13. The van der Waals surface area contributed by atoms with Crippen molar-refractivity contribution in [3.05, 3.63) is 35.2 Å². The molecule has 0 fully saturated rings. The van der Waals surface area contributed by atoms with Crippen LogP contribution < -0.4 is 9.64 Å². The molecule has 0 spiro atoms. The minimum atomic E-state index is -1.13. The van der Waals surface area contributed by atoms with Gasteiger partial charge in [0.15, 0.2) is 0 Å². The van der Waals surface area contributed by atoms with Crippen molar-refractivity contribution in [2.75, 3.05) is 25.1 Å². The molecule has 0 atom stereocenters. The number of nitrogens with zero attached hydrogens (tertiary/aromatic N) is 4. The van der Waals surface area contributed by atoms with Crippen LogP contribution in [0.25, 0.3) is 0 Å². The van der Waals surface area contributed by atoms with E-state index < -0.39 is 5.97 Å². The van der Waals surface area contributed by atoms with Crippen LogP contribution in [0, 0.1) is 13.8 Å². The van der Waals surface area contributed by atoms with E-state index in [0.29, 0.717) is 19.1 Å². The predicted octanol–water partition coefficient (Wildman–Crippen LogP) is 2.04. The van der Waals surface area contributed by atoms with E-state index in [1.54, 1.807) is 7.05 Å². The number of carbonyl (C=O) groups is 1. The first-order valence-electron chi connectivity index (χ1n) is 7.44. The number of aromatic nitrogens is 3. The highest BCUT2D eigenvalue weighted by atomic mass is 16.5. The van der Waals surface area contributed by atoms with Crippen molar-refractivity contribution in [2.45, 2.75) is 20.3 Å². The molecular formula is C16H22N4O3. The second-order valence-electron chi connectivity index (χ2n) is 5.56. The lowest BCUT2D eigenvalue weighted by Gasteiger charge is -2.17. The van der Waals surface area contributed by atoms with Crippen LogP contribution in [0.15, 0.2) is 18.2 Å². The Morgan fingerprint density at radius 3 is 2.74 bits per heavy atom. The first kappa shape index (κ1) is 16.8. The van der Waals surface area contributed by atoms with Crippen molar-refractivity contribution in [3.63, 3.8) is 0 Å². The quantitative estimate of drug-likeness (QED) is 0.787. The number of hydrogen-bond acceptors (Lipinski definition) is 5. The number of ether oxygens (including phenoxy) is 1. The van der Waals surface area contributed by atoms with Crippen molar-refractivity contribution < 1.29 is 14.6 Å². The normalized spacial score (nSPS) is 10.6. The summed E-state index contributed by atoms with van der Waals surface area (Å²) in [5, 5.41) is 12.8. The average molecular weight is 318 g/mol. The molecule has 0 bridgehead atoms. The Balaban J connectivity index is 1.85. The van der Waals surface area contributed by atoms with Gasteiger partial charge in [-0.1, -0.05) is 17.7 Å². The maximum absolute atomic E-state index is 10.9. The summed E-state index contributed by atoms with van der Waals surface area (Å²) < 4.78 is 7.25. The summed E-state index contributed by atoms with van der Waals surface area (Å²) >= 11 is 0. The Morgan fingerprint density at radius 2 is 2.13 bits per heavy atom. The molecule has 0 saturated heterocycles.